The van der Waals surface area contributed by atoms with Gasteiger partial charge in [0.15, 0.2) is 11.5 Å². The Labute approximate surface area is 89.8 Å². The van der Waals surface area contributed by atoms with Crippen LogP contribution in [0.3, 0.4) is 0 Å². The molecule has 3 nitrogen and oxygen atoms in total. The van der Waals surface area contributed by atoms with E-state index in [4.69, 9.17) is 15.3 Å². The van der Waals surface area contributed by atoms with E-state index in [0.29, 0.717) is 6.07 Å². The van der Waals surface area contributed by atoms with E-state index in [9.17, 15) is 13.2 Å². The minimum absolute atomic E-state index is 0.247. The lowest BCUT2D eigenvalue weighted by Crippen LogP contribution is -2.13. The first-order valence-corrected chi connectivity index (χ1v) is 4.52. The average Bonchev–Trinajstić information content (AvgIpc) is 2.08. The molecule has 0 heterocycles. The van der Waals surface area contributed by atoms with Crippen LogP contribution >= 0.6 is 0 Å². The van der Waals surface area contributed by atoms with Crippen LogP contribution in [0.25, 0.3) is 0 Å². The normalized spacial score (nSPS) is 13.8. The van der Waals surface area contributed by atoms with Crippen LogP contribution in [-0.2, 0) is 12.6 Å². The van der Waals surface area contributed by atoms with Gasteiger partial charge in [0.1, 0.15) is 0 Å². The van der Waals surface area contributed by atoms with E-state index in [1.54, 1.807) is 0 Å². The van der Waals surface area contributed by atoms with Crippen LogP contribution in [0.2, 0.25) is 0 Å². The van der Waals surface area contributed by atoms with Gasteiger partial charge in [0.25, 0.3) is 0 Å². The summed E-state index contributed by atoms with van der Waals surface area (Å²) in [7, 11) is 0. The second kappa shape index (κ2) is 4.21. The zero-order chi connectivity index (χ0) is 12.5. The van der Waals surface area contributed by atoms with Crippen molar-refractivity contribution in [3.8, 4) is 11.5 Å². The zero-order valence-corrected chi connectivity index (χ0v) is 8.41. The molecule has 3 N–H and O–H groups in total. The summed E-state index contributed by atoms with van der Waals surface area (Å²) in [6, 6.07) is 1.26. The van der Waals surface area contributed by atoms with Gasteiger partial charge in [-0.3, -0.25) is 0 Å². The van der Waals surface area contributed by atoms with Gasteiger partial charge >= 0.3 is 6.18 Å². The fourth-order valence-corrected chi connectivity index (χ4v) is 1.37. The standard InChI is InChI=1S/C10H11F3O3/c1-5(14)2-6-3-8(15)9(16)4-7(6)10(11,12)13/h3-5,14-16H,2H2,1H3. The maximum Gasteiger partial charge on any atom is 0.416 e. The van der Waals surface area contributed by atoms with E-state index in [1.807, 2.05) is 0 Å². The molecule has 90 valence electrons. The number of alkyl halides is 3. The minimum Gasteiger partial charge on any atom is -0.504 e. The van der Waals surface area contributed by atoms with Crippen LogP contribution in [0.4, 0.5) is 13.2 Å². The van der Waals surface area contributed by atoms with Crippen molar-refractivity contribution in [2.45, 2.75) is 25.6 Å². The van der Waals surface area contributed by atoms with Crippen LogP contribution in [-0.4, -0.2) is 21.4 Å². The second-order valence-electron chi connectivity index (χ2n) is 3.55. The third-order valence-corrected chi connectivity index (χ3v) is 2.02. The fraction of sp³-hybridized carbons (Fsp3) is 0.400. The van der Waals surface area contributed by atoms with Crippen molar-refractivity contribution < 1.29 is 28.5 Å². The number of phenolic OH excluding ortho intramolecular Hbond substituents is 2. The third-order valence-electron chi connectivity index (χ3n) is 2.02. The predicted molar refractivity (Wildman–Crippen MR) is 50.2 cm³/mol. The molecule has 1 atom stereocenters. The van der Waals surface area contributed by atoms with Gasteiger partial charge in [-0.25, -0.2) is 0 Å². The Kier molecular flexibility index (Phi) is 3.32. The highest BCUT2D eigenvalue weighted by atomic mass is 19.4. The first-order chi connectivity index (χ1) is 7.21. The molecule has 0 aliphatic heterocycles. The van der Waals surface area contributed by atoms with Gasteiger partial charge in [-0.2, -0.15) is 13.2 Å². The second-order valence-corrected chi connectivity index (χ2v) is 3.55. The third kappa shape index (κ3) is 2.79. The van der Waals surface area contributed by atoms with Gasteiger partial charge in [0.05, 0.1) is 11.7 Å². The molecule has 0 spiro atoms. The van der Waals surface area contributed by atoms with E-state index >= 15 is 0 Å². The summed E-state index contributed by atoms with van der Waals surface area (Å²) in [5.74, 6) is -1.47. The largest absolute Gasteiger partial charge is 0.504 e. The van der Waals surface area contributed by atoms with Gasteiger partial charge in [-0.05, 0) is 31.0 Å². The number of aromatic hydroxyl groups is 2. The lowest BCUT2D eigenvalue weighted by molar-refractivity contribution is -0.138. The number of aliphatic hydroxyl groups excluding tert-OH is 1. The van der Waals surface area contributed by atoms with Crippen molar-refractivity contribution >= 4 is 0 Å². The lowest BCUT2D eigenvalue weighted by Gasteiger charge is -2.15. The maximum absolute atomic E-state index is 12.5. The number of halogens is 3. The van der Waals surface area contributed by atoms with Gasteiger partial charge in [-0.15, -0.1) is 0 Å². The summed E-state index contributed by atoms with van der Waals surface area (Å²) < 4.78 is 37.6. The molecule has 0 radical (unpaired) electrons. The van der Waals surface area contributed by atoms with Crippen molar-refractivity contribution in [1.29, 1.82) is 0 Å². The molecule has 0 aromatic heterocycles. The summed E-state index contributed by atoms with van der Waals surface area (Å²) in [6.07, 6.45) is -5.84. The molecule has 0 bridgehead atoms. The molecule has 0 saturated carbocycles. The van der Waals surface area contributed by atoms with Crippen molar-refractivity contribution in [3.63, 3.8) is 0 Å². The van der Waals surface area contributed by atoms with Crippen LogP contribution < -0.4 is 0 Å². The molecule has 1 aromatic rings. The smallest absolute Gasteiger partial charge is 0.416 e. The quantitative estimate of drug-likeness (QED) is 0.688. The maximum atomic E-state index is 12.5. The molecule has 0 amide bonds. The molecule has 0 aliphatic carbocycles. The molecule has 16 heavy (non-hydrogen) atoms. The molecule has 1 rings (SSSR count). The summed E-state index contributed by atoms with van der Waals surface area (Å²) in [6.45, 7) is 1.34. The molecule has 1 unspecified atom stereocenters. The SMILES string of the molecule is CC(O)Cc1cc(O)c(O)cc1C(F)(F)F. The van der Waals surface area contributed by atoms with Crippen LogP contribution in [0, 0.1) is 0 Å². The number of hydrogen-bond donors (Lipinski definition) is 3. The monoisotopic (exact) mass is 236 g/mol. The highest BCUT2D eigenvalue weighted by Gasteiger charge is 2.34. The highest BCUT2D eigenvalue weighted by molar-refractivity contribution is 5.46. The van der Waals surface area contributed by atoms with Crippen LogP contribution in [0.1, 0.15) is 18.1 Å². The predicted octanol–water partition coefficient (Wildman–Crippen LogP) is 2.04. The Morgan fingerprint density at radius 1 is 1.19 bits per heavy atom. The van der Waals surface area contributed by atoms with E-state index in [1.165, 1.54) is 6.92 Å². The van der Waals surface area contributed by atoms with Crippen molar-refractivity contribution in [1.82, 2.24) is 0 Å². The molecule has 1 aromatic carbocycles. The summed E-state index contributed by atoms with van der Waals surface area (Å²) >= 11 is 0. The number of aliphatic hydroxyl groups is 1. The number of rotatable bonds is 2. The first-order valence-electron chi connectivity index (χ1n) is 4.52. The van der Waals surface area contributed by atoms with Gasteiger partial charge < -0.3 is 15.3 Å². The van der Waals surface area contributed by atoms with Crippen LogP contribution in [0.5, 0.6) is 11.5 Å². The Morgan fingerprint density at radius 3 is 2.12 bits per heavy atom. The van der Waals surface area contributed by atoms with Crippen molar-refractivity contribution in [3.05, 3.63) is 23.3 Å². The van der Waals surface area contributed by atoms with Gasteiger partial charge in [-0.1, -0.05) is 0 Å². The number of benzene rings is 1. The van der Waals surface area contributed by atoms with E-state index in [-0.39, 0.29) is 12.0 Å². The Balaban J connectivity index is 3.28. The van der Waals surface area contributed by atoms with E-state index < -0.39 is 29.3 Å². The minimum atomic E-state index is -4.63. The summed E-state index contributed by atoms with van der Waals surface area (Å²) in [5, 5.41) is 27.2. The average molecular weight is 236 g/mol. The lowest BCUT2D eigenvalue weighted by atomic mass is 10.0. The molecule has 0 fully saturated rings. The van der Waals surface area contributed by atoms with Crippen LogP contribution in [0.15, 0.2) is 12.1 Å². The van der Waals surface area contributed by atoms with Crippen molar-refractivity contribution in [2.75, 3.05) is 0 Å². The van der Waals surface area contributed by atoms with E-state index in [0.717, 1.165) is 6.07 Å². The van der Waals surface area contributed by atoms with E-state index in [2.05, 4.69) is 0 Å². The van der Waals surface area contributed by atoms with Gasteiger partial charge in [0, 0.05) is 0 Å². The molecule has 0 saturated heterocycles. The fourth-order valence-electron chi connectivity index (χ4n) is 1.37. The molecule has 6 heteroatoms. The Morgan fingerprint density at radius 2 is 1.69 bits per heavy atom. The molecular formula is C10H11F3O3. The topological polar surface area (TPSA) is 60.7 Å². The van der Waals surface area contributed by atoms with Gasteiger partial charge in [0.2, 0.25) is 0 Å². The Hall–Kier alpha value is -1.43. The highest BCUT2D eigenvalue weighted by Crippen LogP contribution is 2.38. The Bertz CT molecular complexity index is 386. The summed E-state index contributed by atoms with van der Waals surface area (Å²) in [5.41, 5.74) is -1.30. The zero-order valence-electron chi connectivity index (χ0n) is 8.41. The molecule has 0 aliphatic rings. The number of phenols is 2. The molecular weight excluding hydrogens is 225 g/mol. The van der Waals surface area contributed by atoms with Crippen molar-refractivity contribution in [2.24, 2.45) is 0 Å². The summed E-state index contributed by atoms with van der Waals surface area (Å²) in [4.78, 5) is 0. The first kappa shape index (κ1) is 12.6. The number of hydrogen-bond acceptors (Lipinski definition) is 3.